The molecule has 4 N–H and O–H groups in total. The molecule has 4 heterocycles. The van der Waals surface area contributed by atoms with Crippen LogP contribution in [0.25, 0.3) is 5.57 Å². The van der Waals surface area contributed by atoms with E-state index in [1.165, 1.54) is 53.0 Å². The Hall–Kier alpha value is -6.08. The standard InChI is InChI=1S/C58H66ClF4N9O7S3/c1-57(2)22-20-48(39-8-12-43(59)13-9-39)41(33-57)36-71-28-30-72(31-29-71)45-14-10-40(11-15-45)55(74)68-82(78,79)47-16-17-49(52(32-47)81(76,77)58(61,62)63)65-44(38-80-46-6-4-3-5-7-46)21-23-69-24-26-70(27-25-69)37-42-34-64-35-51(54(42)60)66-50-18-19-53(73)67-56(50)75/h3-17,32,34-35,44,50,65-66H,18-31,33,36-38H2,1-2H3,(H,68,74)(H,67,73,75)/t44-,50?/m1/s1. The molecule has 24 heteroatoms. The fourth-order valence-electron chi connectivity index (χ4n) is 10.8. The number of imide groups is 1. The normalized spacial score (nSPS) is 19.2. The number of thioether (sulfide) groups is 1. The van der Waals surface area contributed by atoms with Crippen molar-refractivity contribution in [3.8, 4) is 0 Å². The molecular formula is C58H66ClF4N9O7S3. The van der Waals surface area contributed by atoms with E-state index in [4.69, 9.17) is 11.6 Å². The van der Waals surface area contributed by atoms with E-state index in [-0.39, 0.29) is 47.7 Å². The van der Waals surface area contributed by atoms with E-state index in [0.717, 1.165) is 61.6 Å². The number of hydrogen-bond donors (Lipinski definition) is 4. The van der Waals surface area contributed by atoms with Gasteiger partial charge < -0.3 is 20.4 Å². The van der Waals surface area contributed by atoms with Gasteiger partial charge in [0, 0.05) is 123 Å². The molecule has 82 heavy (non-hydrogen) atoms. The molecule has 438 valence electrons. The predicted octanol–water partition coefficient (Wildman–Crippen LogP) is 9.07. The fourth-order valence-corrected chi connectivity index (χ4v) is 13.9. The molecule has 0 saturated carbocycles. The number of sulfone groups is 1. The molecule has 9 rings (SSSR count). The summed E-state index contributed by atoms with van der Waals surface area (Å²) in [5, 5.41) is 8.81. The number of carbonyl (C=O) groups excluding carboxylic acids is 3. The number of sulfonamides is 1. The minimum atomic E-state index is -6.16. The number of amides is 3. The highest BCUT2D eigenvalue weighted by molar-refractivity contribution is 7.99. The molecule has 3 aliphatic heterocycles. The zero-order chi connectivity index (χ0) is 58.4. The highest BCUT2D eigenvalue weighted by Crippen LogP contribution is 2.43. The van der Waals surface area contributed by atoms with Gasteiger partial charge in [-0.15, -0.1) is 11.8 Å². The number of rotatable bonds is 20. The van der Waals surface area contributed by atoms with Crippen molar-refractivity contribution in [1.29, 1.82) is 0 Å². The third kappa shape index (κ3) is 15.2. The molecule has 4 aliphatic rings. The van der Waals surface area contributed by atoms with Crippen molar-refractivity contribution >= 4 is 83.6 Å². The van der Waals surface area contributed by atoms with Gasteiger partial charge in [0.25, 0.3) is 25.8 Å². The second kappa shape index (κ2) is 25.8. The van der Waals surface area contributed by atoms with Crippen LogP contribution in [0.3, 0.4) is 0 Å². The third-order valence-electron chi connectivity index (χ3n) is 15.5. The Balaban J connectivity index is 0.830. The second-order valence-corrected chi connectivity index (χ2v) is 27.1. The van der Waals surface area contributed by atoms with Gasteiger partial charge in [0.05, 0.1) is 22.5 Å². The molecule has 2 atom stereocenters. The first-order chi connectivity index (χ1) is 39.0. The topological polar surface area (TPSA) is 193 Å². The van der Waals surface area contributed by atoms with E-state index in [2.05, 4.69) is 61.6 Å². The number of anilines is 3. The van der Waals surface area contributed by atoms with Gasteiger partial charge in [0.2, 0.25) is 11.8 Å². The molecule has 3 amide bonds. The zero-order valence-corrected chi connectivity index (χ0v) is 48.7. The Morgan fingerprint density at radius 3 is 2.18 bits per heavy atom. The average Bonchev–Trinajstić information content (AvgIpc) is 3.19. The Kier molecular flexibility index (Phi) is 19.1. The van der Waals surface area contributed by atoms with Crippen LogP contribution in [0, 0.1) is 11.2 Å². The number of carbonyl (C=O) groups is 3. The molecule has 4 aromatic carbocycles. The molecular weight excluding hydrogens is 1140 g/mol. The summed E-state index contributed by atoms with van der Waals surface area (Å²) in [6.07, 6.45) is 6.47. The quantitative estimate of drug-likeness (QED) is 0.0327. The van der Waals surface area contributed by atoms with Gasteiger partial charge in [-0.2, -0.15) is 13.2 Å². The van der Waals surface area contributed by atoms with Crippen LogP contribution >= 0.6 is 23.4 Å². The number of pyridine rings is 1. The van der Waals surface area contributed by atoms with Crippen LogP contribution in [0.4, 0.5) is 34.6 Å². The Morgan fingerprint density at radius 2 is 1.50 bits per heavy atom. The molecule has 16 nitrogen and oxygen atoms in total. The van der Waals surface area contributed by atoms with E-state index in [0.29, 0.717) is 68.9 Å². The van der Waals surface area contributed by atoms with E-state index >= 15 is 4.39 Å². The monoisotopic (exact) mass is 1210 g/mol. The van der Waals surface area contributed by atoms with E-state index in [1.807, 2.05) is 52.1 Å². The number of allylic oxidation sites excluding steroid dienone is 1. The number of halogens is 5. The summed E-state index contributed by atoms with van der Waals surface area (Å²) in [7, 11) is -11.1. The van der Waals surface area contributed by atoms with Gasteiger partial charge in [-0.05, 0) is 115 Å². The molecule has 0 bridgehead atoms. The van der Waals surface area contributed by atoms with Gasteiger partial charge >= 0.3 is 5.51 Å². The van der Waals surface area contributed by atoms with Crippen LogP contribution < -0.4 is 25.6 Å². The molecule has 3 fully saturated rings. The van der Waals surface area contributed by atoms with Crippen molar-refractivity contribution in [3.63, 3.8) is 0 Å². The first-order valence-corrected chi connectivity index (χ1v) is 31.5. The minimum Gasteiger partial charge on any atom is -0.380 e. The highest BCUT2D eigenvalue weighted by Gasteiger charge is 2.48. The van der Waals surface area contributed by atoms with Crippen LogP contribution in [0.5, 0.6) is 0 Å². The van der Waals surface area contributed by atoms with E-state index in [1.54, 1.807) is 12.1 Å². The summed E-state index contributed by atoms with van der Waals surface area (Å²) in [4.78, 5) is 49.0. The second-order valence-electron chi connectivity index (χ2n) is 22.0. The summed E-state index contributed by atoms with van der Waals surface area (Å²) in [6, 6.07) is 24.5. The van der Waals surface area contributed by atoms with Gasteiger partial charge in [-0.25, -0.2) is 25.9 Å². The molecule has 3 saturated heterocycles. The smallest absolute Gasteiger partial charge is 0.380 e. The average molecular weight is 1210 g/mol. The maximum Gasteiger partial charge on any atom is 0.501 e. The summed E-state index contributed by atoms with van der Waals surface area (Å²) < 4.78 is 115. The lowest BCUT2D eigenvalue weighted by Crippen LogP contribution is -2.47. The van der Waals surface area contributed by atoms with Crippen molar-refractivity contribution in [2.75, 3.05) is 86.7 Å². The zero-order valence-electron chi connectivity index (χ0n) is 45.5. The maximum atomic E-state index is 15.7. The van der Waals surface area contributed by atoms with Crippen molar-refractivity contribution in [2.24, 2.45) is 5.41 Å². The first kappa shape index (κ1) is 60.5. The van der Waals surface area contributed by atoms with Crippen molar-refractivity contribution in [2.45, 2.75) is 91.2 Å². The number of aromatic nitrogens is 1. The van der Waals surface area contributed by atoms with E-state index < -0.39 is 70.6 Å². The minimum absolute atomic E-state index is 0.0355. The van der Waals surface area contributed by atoms with Crippen LogP contribution in [-0.4, -0.2) is 143 Å². The molecule has 0 spiro atoms. The molecule has 5 aromatic rings. The van der Waals surface area contributed by atoms with Gasteiger partial charge in [0.1, 0.15) is 10.9 Å². The molecule has 1 aliphatic carbocycles. The van der Waals surface area contributed by atoms with Crippen molar-refractivity contribution < 1.29 is 48.8 Å². The number of nitrogens with one attached hydrogen (secondary N) is 4. The number of piperidine rings is 1. The van der Waals surface area contributed by atoms with Gasteiger partial charge in [-0.3, -0.25) is 34.5 Å². The number of piperazine rings is 2. The number of benzene rings is 4. The third-order valence-corrected chi connectivity index (χ3v) is 19.7. The highest BCUT2D eigenvalue weighted by atomic mass is 35.5. The molecule has 1 aromatic heterocycles. The van der Waals surface area contributed by atoms with Crippen LogP contribution in [-0.2, 0) is 36.0 Å². The lowest BCUT2D eigenvalue weighted by atomic mass is 9.73. The van der Waals surface area contributed by atoms with Crippen LogP contribution in [0.2, 0.25) is 5.02 Å². The fraction of sp³-hybridized carbons (Fsp3) is 0.414. The lowest BCUT2D eigenvalue weighted by molar-refractivity contribution is -0.133. The van der Waals surface area contributed by atoms with Gasteiger partial charge in [-0.1, -0.05) is 61.4 Å². The number of alkyl halides is 3. The molecule has 0 radical (unpaired) electrons. The Bertz CT molecular complexity index is 3380. The summed E-state index contributed by atoms with van der Waals surface area (Å²) >= 11 is 7.60. The van der Waals surface area contributed by atoms with E-state index in [9.17, 15) is 44.4 Å². The summed E-state index contributed by atoms with van der Waals surface area (Å²) in [6.45, 7) is 11.3. The number of hydrogen-bond acceptors (Lipinski definition) is 15. The van der Waals surface area contributed by atoms with Crippen molar-refractivity contribution in [3.05, 3.63) is 143 Å². The summed E-state index contributed by atoms with van der Waals surface area (Å²) in [5.74, 6) is -2.27. The van der Waals surface area contributed by atoms with Crippen LogP contribution in [0.15, 0.2) is 130 Å². The largest absolute Gasteiger partial charge is 0.501 e. The lowest BCUT2D eigenvalue weighted by Gasteiger charge is -2.39. The van der Waals surface area contributed by atoms with Gasteiger partial charge in [0.15, 0.2) is 5.82 Å². The van der Waals surface area contributed by atoms with Crippen LogP contribution in [0.1, 0.15) is 73.9 Å². The number of nitrogens with zero attached hydrogens (tertiary/aromatic N) is 5. The molecule has 1 unspecified atom stereocenters. The first-order valence-electron chi connectivity index (χ1n) is 27.2. The van der Waals surface area contributed by atoms with Crippen molar-refractivity contribution in [1.82, 2.24) is 29.7 Å². The summed E-state index contributed by atoms with van der Waals surface area (Å²) in [5.41, 5.74) is -0.935. The maximum absolute atomic E-state index is 15.7. The SMILES string of the molecule is CC1(C)CCC(c2ccc(Cl)cc2)=C(CN2CCN(c3ccc(C(=O)NS(=O)(=O)c4ccc(N[C@H](CCN5CCN(Cc6cncc(NC7CCC(=O)NC7=O)c6F)CC5)CSc5ccccc5)c(S(=O)(=O)C(F)(F)F)c4)cc3)CC2)C1. The Morgan fingerprint density at radius 1 is 0.829 bits per heavy atom. The predicted molar refractivity (Wildman–Crippen MR) is 310 cm³/mol. The Labute approximate surface area is 485 Å².